The van der Waals surface area contributed by atoms with Gasteiger partial charge in [0.05, 0.1) is 0 Å². The van der Waals surface area contributed by atoms with E-state index in [4.69, 9.17) is 0 Å². The fourth-order valence-electron chi connectivity index (χ4n) is 18.1. The van der Waals surface area contributed by atoms with Crippen molar-refractivity contribution >= 4 is 181 Å². The van der Waals surface area contributed by atoms with Crippen LogP contribution in [0.25, 0.3) is 185 Å². The van der Waals surface area contributed by atoms with Crippen LogP contribution in [-0.4, -0.2) is 66.6 Å². The van der Waals surface area contributed by atoms with E-state index < -0.39 is 35.7 Å². The van der Waals surface area contributed by atoms with Gasteiger partial charge in [-0.1, -0.05) is 382 Å². The molecule has 0 aromatic heterocycles. The molecular formula is C118H99O5P5. The van der Waals surface area contributed by atoms with E-state index in [9.17, 15) is 22.8 Å². The summed E-state index contributed by atoms with van der Waals surface area (Å²) in [5, 5.41) is 32.4. The molecule has 5 nitrogen and oxygen atoms in total. The molecule has 0 saturated heterocycles. The molecule has 0 aliphatic heterocycles. The highest BCUT2D eigenvalue weighted by Crippen LogP contribution is 2.47. The smallest absolute Gasteiger partial charge is 0.109 e. The minimum atomic E-state index is -2.29. The highest BCUT2D eigenvalue weighted by molar-refractivity contribution is 7.71. The molecule has 0 saturated carbocycles. The first-order valence-corrected chi connectivity index (χ1v) is 56.3. The second kappa shape index (κ2) is 35.4. The minimum Gasteiger partial charge on any atom is -0.319 e. The minimum absolute atomic E-state index is 0.920. The molecule has 22 aromatic carbocycles. The van der Waals surface area contributed by atoms with E-state index in [0.29, 0.717) is 0 Å². The number of hydrogen-bond donors (Lipinski definition) is 0. The maximum Gasteiger partial charge on any atom is 0.109 e. The number of hydrogen-bond acceptors (Lipinski definition) is 5. The summed E-state index contributed by atoms with van der Waals surface area (Å²) >= 11 is 0. The van der Waals surface area contributed by atoms with Gasteiger partial charge in [-0.25, -0.2) is 0 Å². The van der Waals surface area contributed by atoms with Gasteiger partial charge >= 0.3 is 0 Å². The van der Waals surface area contributed by atoms with Crippen molar-refractivity contribution in [3.8, 4) is 66.8 Å². The van der Waals surface area contributed by atoms with Crippen molar-refractivity contribution in [1.82, 2.24) is 0 Å². The molecule has 0 spiro atoms. The van der Waals surface area contributed by atoms with E-state index >= 15 is 0 Å². The van der Waals surface area contributed by atoms with Gasteiger partial charge in [0.2, 0.25) is 0 Å². The molecule has 0 bridgehead atoms. The largest absolute Gasteiger partial charge is 0.319 e. The number of rotatable bonds is 11. The molecule has 128 heavy (non-hydrogen) atoms. The van der Waals surface area contributed by atoms with Crippen LogP contribution in [0.4, 0.5) is 0 Å². The topological polar surface area (TPSA) is 85.3 Å². The van der Waals surface area contributed by atoms with E-state index in [1.165, 1.54) is 163 Å². The van der Waals surface area contributed by atoms with Crippen molar-refractivity contribution in [2.45, 2.75) is 0 Å². The van der Waals surface area contributed by atoms with Crippen LogP contribution in [0.2, 0.25) is 0 Å². The average Bonchev–Trinajstić information content (AvgIpc) is 0.858. The Morgan fingerprint density at radius 2 is 0.406 bits per heavy atom. The molecule has 22 aromatic rings. The van der Waals surface area contributed by atoms with Crippen LogP contribution in [0.15, 0.2) is 419 Å². The summed E-state index contributed by atoms with van der Waals surface area (Å²) in [6.45, 7) is 18.2. The Hall–Kier alpha value is -12.9. The quantitative estimate of drug-likeness (QED) is 0.0732. The second-order valence-corrected chi connectivity index (χ2v) is 51.4. The van der Waals surface area contributed by atoms with Crippen molar-refractivity contribution in [3.63, 3.8) is 0 Å². The van der Waals surface area contributed by atoms with Gasteiger partial charge in [-0.2, -0.15) is 0 Å². The molecule has 10 heteroatoms. The zero-order chi connectivity index (χ0) is 88.8. The fraction of sp³-hybridized carbons (Fsp3) is 0.0847. The normalized spacial score (nSPS) is 12.0. The third kappa shape index (κ3) is 17.9. The summed E-state index contributed by atoms with van der Waals surface area (Å²) < 4.78 is 61.9. The van der Waals surface area contributed by atoms with Crippen molar-refractivity contribution in [2.24, 2.45) is 0 Å². The Kier molecular flexibility index (Phi) is 23.7. The van der Waals surface area contributed by atoms with Crippen molar-refractivity contribution in [3.05, 3.63) is 419 Å². The van der Waals surface area contributed by atoms with Gasteiger partial charge in [0.15, 0.2) is 0 Å². The van der Waals surface area contributed by atoms with Crippen LogP contribution < -0.4 is 26.5 Å². The Morgan fingerprint density at radius 3 is 0.797 bits per heavy atom. The first-order valence-electron chi connectivity index (χ1n) is 43.3. The fourth-order valence-corrected chi connectivity index (χ4v) is 22.5. The first-order chi connectivity index (χ1) is 61.6. The summed E-state index contributed by atoms with van der Waals surface area (Å²) in [5.74, 6) is 0. The lowest BCUT2D eigenvalue weighted by molar-refractivity contribution is 0.587. The Balaban J connectivity index is 0.000000108. The zero-order valence-corrected chi connectivity index (χ0v) is 78.1. The predicted octanol–water partition coefficient (Wildman–Crippen LogP) is 31.8. The number of benzene rings is 22. The molecular weight excluding hydrogens is 1650 g/mol. The SMILES string of the molecule is CP(C)(=O)c1ccc(-c2c3ccccc3cc3ccccc23)cc1.CP(C)(=O)c1ccc(-c2cc3ccccc3c3ccccc23)cc1.CP(C)(=O)c1ccc(-c2ccc3ccc4cccc5ccc2c3c45)cc1.CP(C)(=O)c1cccc(-c2c3ccccc3cc3ccccc23)c1.CP(C)(=O)c1cccc(-c2ccc(-c3c4ccccc4cc4ccccc34)cc2)c1. The van der Waals surface area contributed by atoms with Gasteiger partial charge < -0.3 is 22.8 Å². The highest BCUT2D eigenvalue weighted by Gasteiger charge is 2.22. The van der Waals surface area contributed by atoms with E-state index in [1.807, 2.05) is 127 Å². The average molecular weight is 1750 g/mol. The molecule has 0 amide bonds. The van der Waals surface area contributed by atoms with Crippen LogP contribution in [0.3, 0.4) is 0 Å². The molecule has 0 unspecified atom stereocenters. The van der Waals surface area contributed by atoms with Crippen LogP contribution in [0.5, 0.6) is 0 Å². The standard InChI is InChI=1S/C28H23OP.C24H19OP.3C22H19OP/c1-30(2,29)25-11-7-10-22(19-25)20-14-16-21(17-15-20)28-26-12-5-3-8-23(26)18-24-9-4-6-13-27(24)28;1-26(2,25)20-12-8-16(9-13-20)21-14-10-19-7-6-17-4-3-5-18-11-15-22(21)24(19)23(17)18;1-24(2,23)19-11-7-10-18(15-19)22-20-12-5-3-8-16(20)14-17-9-4-6-13-21(17)22;1-24(2,23)19-13-11-16(12-14-19)22-20-9-5-3-7-17(20)15-18-8-4-6-10-21(18)22;1-24(2,23)18-13-11-16(12-14-18)22-15-17-7-3-4-8-19(17)20-9-5-6-10-21(20)22/h3-19H,1-2H3;3-15H,1-2H3;3*3-15H,1-2H3. The first kappa shape index (κ1) is 85.9. The lowest BCUT2D eigenvalue weighted by Crippen LogP contribution is -2.02. The summed E-state index contributed by atoms with van der Waals surface area (Å²) in [7, 11) is -11.2. The van der Waals surface area contributed by atoms with Crippen LogP contribution in [0, 0.1) is 0 Å². The molecule has 0 aliphatic rings. The second-order valence-electron chi connectivity index (χ2n) is 35.3. The van der Waals surface area contributed by atoms with E-state index in [0.717, 1.165) is 48.8 Å². The molecule has 0 aliphatic carbocycles. The van der Waals surface area contributed by atoms with Crippen LogP contribution in [-0.2, 0) is 22.8 Å². The van der Waals surface area contributed by atoms with E-state index in [2.05, 4.69) is 358 Å². The van der Waals surface area contributed by atoms with E-state index in [1.54, 1.807) is 0 Å². The van der Waals surface area contributed by atoms with Gasteiger partial charge in [0.25, 0.3) is 0 Å². The maximum atomic E-state index is 12.5. The predicted molar refractivity (Wildman–Crippen MR) is 564 cm³/mol. The monoisotopic (exact) mass is 1750 g/mol. The Morgan fingerprint density at radius 1 is 0.141 bits per heavy atom. The third-order valence-corrected chi connectivity index (χ3v) is 32.4. The van der Waals surface area contributed by atoms with Crippen molar-refractivity contribution in [1.29, 1.82) is 0 Å². The lowest BCUT2D eigenvalue weighted by Gasteiger charge is -2.14. The molecule has 0 atom stereocenters. The molecule has 0 radical (unpaired) electrons. The highest BCUT2D eigenvalue weighted by atomic mass is 31.2. The molecule has 0 N–H and O–H groups in total. The lowest BCUT2D eigenvalue weighted by atomic mass is 9.90. The van der Waals surface area contributed by atoms with Gasteiger partial charge in [-0.15, -0.1) is 0 Å². The van der Waals surface area contributed by atoms with Crippen LogP contribution >= 0.6 is 35.7 Å². The van der Waals surface area contributed by atoms with Gasteiger partial charge in [-0.05, 0) is 288 Å². The van der Waals surface area contributed by atoms with E-state index in [-0.39, 0.29) is 0 Å². The third-order valence-electron chi connectivity index (χ3n) is 24.7. The Bertz CT molecular complexity index is 8080. The zero-order valence-electron chi connectivity index (χ0n) is 73.6. The Labute approximate surface area is 750 Å². The van der Waals surface area contributed by atoms with Crippen molar-refractivity contribution < 1.29 is 22.8 Å². The summed E-state index contributed by atoms with van der Waals surface area (Å²) in [5.41, 5.74) is 14.3. The number of fused-ring (bicyclic) bond motifs is 9. The van der Waals surface area contributed by atoms with Gasteiger partial charge in [0, 0.05) is 26.5 Å². The molecule has 0 heterocycles. The molecule has 0 fully saturated rings. The maximum absolute atomic E-state index is 12.5. The summed E-state index contributed by atoms with van der Waals surface area (Å²) in [6, 6.07) is 147. The van der Waals surface area contributed by atoms with Gasteiger partial charge in [-0.3, -0.25) is 0 Å². The van der Waals surface area contributed by atoms with Gasteiger partial charge in [0.1, 0.15) is 35.7 Å². The molecule has 22 rings (SSSR count). The van der Waals surface area contributed by atoms with Crippen molar-refractivity contribution in [2.75, 3.05) is 66.6 Å². The summed E-state index contributed by atoms with van der Waals surface area (Å²) in [6.07, 6.45) is 0. The summed E-state index contributed by atoms with van der Waals surface area (Å²) in [4.78, 5) is 0. The van der Waals surface area contributed by atoms with Crippen LogP contribution in [0.1, 0.15) is 0 Å². The molecule has 626 valence electrons.